The molecule has 1 saturated carbocycles. The van der Waals surface area contributed by atoms with E-state index in [0.717, 1.165) is 19.6 Å². The number of piperidine rings is 1. The molecule has 1 heterocycles. The minimum atomic E-state index is -0.781. The number of rotatable bonds is 3. The molecule has 1 aliphatic carbocycles. The van der Waals surface area contributed by atoms with Crippen molar-refractivity contribution in [2.24, 2.45) is 11.8 Å². The zero-order valence-electron chi connectivity index (χ0n) is 13.0. The maximum absolute atomic E-state index is 11.5. The van der Waals surface area contributed by atoms with Crippen LogP contribution in [0.15, 0.2) is 30.3 Å². The molecule has 114 valence electrons. The average Bonchev–Trinajstić information content (AvgIpc) is 2.84. The molecule has 3 atom stereocenters. The lowest BCUT2D eigenvalue weighted by Gasteiger charge is -2.35. The Morgan fingerprint density at radius 3 is 2.29 bits per heavy atom. The van der Waals surface area contributed by atoms with Gasteiger partial charge >= 0.3 is 6.09 Å². The molecule has 0 unspecified atom stereocenters. The van der Waals surface area contributed by atoms with Crippen LogP contribution in [0.2, 0.25) is 0 Å². The van der Waals surface area contributed by atoms with Crippen molar-refractivity contribution in [3.05, 3.63) is 35.9 Å². The third-order valence-corrected chi connectivity index (χ3v) is 4.70. The van der Waals surface area contributed by atoms with Crippen molar-refractivity contribution in [2.45, 2.75) is 38.9 Å². The van der Waals surface area contributed by atoms with Crippen molar-refractivity contribution in [3.8, 4) is 0 Å². The number of carboxylic acid groups (broad SMARTS) is 1. The smallest absolute Gasteiger partial charge is 0.408 e. The van der Waals surface area contributed by atoms with Crippen LogP contribution in [0.1, 0.15) is 26.3 Å². The SMILES string of the molecule is CC(C)(C)N(C(=O)O)[C@H]1[C@@H]2CN(Cc3ccccc3)C[C@@H]21. The fourth-order valence-electron chi connectivity index (χ4n) is 3.80. The quantitative estimate of drug-likeness (QED) is 0.930. The Morgan fingerprint density at radius 1 is 1.24 bits per heavy atom. The Bertz CT molecular complexity index is 511. The van der Waals surface area contributed by atoms with E-state index in [1.165, 1.54) is 5.56 Å². The Kier molecular flexibility index (Phi) is 3.44. The van der Waals surface area contributed by atoms with E-state index in [0.29, 0.717) is 11.8 Å². The van der Waals surface area contributed by atoms with E-state index in [-0.39, 0.29) is 11.6 Å². The van der Waals surface area contributed by atoms with Gasteiger partial charge in [-0.25, -0.2) is 4.79 Å². The second-order valence-corrected chi connectivity index (χ2v) is 7.32. The van der Waals surface area contributed by atoms with Crippen LogP contribution < -0.4 is 0 Å². The second kappa shape index (κ2) is 5.02. The topological polar surface area (TPSA) is 43.8 Å². The van der Waals surface area contributed by atoms with E-state index in [9.17, 15) is 9.90 Å². The molecule has 1 aromatic carbocycles. The number of benzene rings is 1. The highest BCUT2D eigenvalue weighted by atomic mass is 16.4. The van der Waals surface area contributed by atoms with Crippen LogP contribution in [0, 0.1) is 11.8 Å². The molecule has 21 heavy (non-hydrogen) atoms. The predicted octanol–water partition coefficient (Wildman–Crippen LogP) is 2.90. The molecule has 1 saturated heterocycles. The number of fused-ring (bicyclic) bond motifs is 1. The van der Waals surface area contributed by atoms with Crippen molar-refractivity contribution in [3.63, 3.8) is 0 Å². The van der Waals surface area contributed by atoms with Crippen LogP contribution in [-0.4, -0.2) is 45.7 Å². The van der Waals surface area contributed by atoms with E-state index in [2.05, 4.69) is 29.2 Å². The van der Waals surface area contributed by atoms with Gasteiger partial charge in [0.05, 0.1) is 0 Å². The molecule has 1 aliphatic heterocycles. The van der Waals surface area contributed by atoms with Crippen LogP contribution >= 0.6 is 0 Å². The van der Waals surface area contributed by atoms with Crippen LogP contribution in [0.4, 0.5) is 4.79 Å². The zero-order chi connectivity index (χ0) is 15.2. The first-order valence-electron chi connectivity index (χ1n) is 7.66. The highest BCUT2D eigenvalue weighted by Gasteiger charge is 2.61. The lowest BCUT2D eigenvalue weighted by molar-refractivity contribution is 0.0811. The molecule has 0 aromatic heterocycles. The highest BCUT2D eigenvalue weighted by molar-refractivity contribution is 5.67. The third kappa shape index (κ3) is 2.77. The van der Waals surface area contributed by atoms with Gasteiger partial charge in [-0.15, -0.1) is 0 Å². The first-order chi connectivity index (χ1) is 9.88. The molecular weight excluding hydrogens is 264 g/mol. The third-order valence-electron chi connectivity index (χ3n) is 4.70. The van der Waals surface area contributed by atoms with E-state index in [1.807, 2.05) is 26.8 Å². The Balaban J connectivity index is 1.60. The molecule has 2 fully saturated rings. The molecule has 2 aliphatic rings. The fraction of sp³-hybridized carbons (Fsp3) is 0.588. The van der Waals surface area contributed by atoms with Crippen LogP contribution in [-0.2, 0) is 6.54 Å². The maximum atomic E-state index is 11.5. The number of hydrogen-bond acceptors (Lipinski definition) is 2. The van der Waals surface area contributed by atoms with Crippen LogP contribution in [0.5, 0.6) is 0 Å². The predicted molar refractivity (Wildman–Crippen MR) is 82.1 cm³/mol. The number of amides is 1. The lowest BCUT2D eigenvalue weighted by atomic mass is 10.1. The summed E-state index contributed by atoms with van der Waals surface area (Å²) in [5, 5.41) is 9.49. The Labute approximate surface area is 126 Å². The van der Waals surface area contributed by atoms with Crippen molar-refractivity contribution in [1.29, 1.82) is 0 Å². The minimum absolute atomic E-state index is 0.217. The summed E-state index contributed by atoms with van der Waals surface area (Å²) in [5.74, 6) is 1.04. The van der Waals surface area contributed by atoms with Crippen molar-refractivity contribution >= 4 is 6.09 Å². The van der Waals surface area contributed by atoms with Gasteiger partial charge in [0.15, 0.2) is 0 Å². The number of likely N-dealkylation sites (tertiary alicyclic amines) is 1. The standard InChI is InChI=1S/C17H24N2O2/c1-17(2,3)19(16(20)21)15-13-10-18(11-14(13)15)9-12-7-5-4-6-8-12/h4-8,13-15H,9-11H2,1-3H3,(H,20,21)/t13-,14+,15+. The molecule has 1 aromatic rings. The second-order valence-electron chi connectivity index (χ2n) is 7.32. The Hall–Kier alpha value is -1.55. The van der Waals surface area contributed by atoms with Gasteiger partial charge in [-0.2, -0.15) is 0 Å². The minimum Gasteiger partial charge on any atom is -0.465 e. The average molecular weight is 288 g/mol. The summed E-state index contributed by atoms with van der Waals surface area (Å²) >= 11 is 0. The van der Waals surface area contributed by atoms with E-state index >= 15 is 0 Å². The summed E-state index contributed by atoms with van der Waals surface area (Å²) in [5.41, 5.74) is 1.02. The van der Waals surface area contributed by atoms with Crippen molar-refractivity contribution in [1.82, 2.24) is 9.80 Å². The van der Waals surface area contributed by atoms with Gasteiger partial charge in [0.1, 0.15) is 0 Å². The fourth-order valence-corrected chi connectivity index (χ4v) is 3.80. The maximum Gasteiger partial charge on any atom is 0.408 e. The van der Waals surface area contributed by atoms with Crippen LogP contribution in [0.3, 0.4) is 0 Å². The zero-order valence-corrected chi connectivity index (χ0v) is 13.0. The molecule has 0 spiro atoms. The number of hydrogen-bond donors (Lipinski definition) is 1. The summed E-state index contributed by atoms with van der Waals surface area (Å²) in [6, 6.07) is 10.7. The molecule has 1 N–H and O–H groups in total. The molecule has 0 bridgehead atoms. The summed E-state index contributed by atoms with van der Waals surface area (Å²) < 4.78 is 0. The monoisotopic (exact) mass is 288 g/mol. The van der Waals surface area contributed by atoms with E-state index in [1.54, 1.807) is 4.90 Å². The van der Waals surface area contributed by atoms with Gasteiger partial charge in [0.25, 0.3) is 0 Å². The van der Waals surface area contributed by atoms with Crippen LogP contribution in [0.25, 0.3) is 0 Å². The van der Waals surface area contributed by atoms with E-state index in [4.69, 9.17) is 0 Å². The van der Waals surface area contributed by atoms with Gasteiger partial charge in [-0.05, 0) is 38.2 Å². The molecule has 3 rings (SSSR count). The highest BCUT2D eigenvalue weighted by Crippen LogP contribution is 2.51. The van der Waals surface area contributed by atoms with Gasteiger partial charge in [0, 0.05) is 31.2 Å². The van der Waals surface area contributed by atoms with Crippen molar-refractivity contribution < 1.29 is 9.90 Å². The normalized spacial score (nSPS) is 28.2. The van der Waals surface area contributed by atoms with Gasteiger partial charge < -0.3 is 5.11 Å². The Morgan fingerprint density at radius 2 is 1.81 bits per heavy atom. The van der Waals surface area contributed by atoms with Gasteiger partial charge in [-0.3, -0.25) is 9.80 Å². The first-order valence-corrected chi connectivity index (χ1v) is 7.66. The number of nitrogens with zero attached hydrogens (tertiary/aromatic N) is 2. The molecular formula is C17H24N2O2. The van der Waals surface area contributed by atoms with Crippen molar-refractivity contribution in [2.75, 3.05) is 13.1 Å². The van der Waals surface area contributed by atoms with Gasteiger partial charge in [0.2, 0.25) is 0 Å². The van der Waals surface area contributed by atoms with Gasteiger partial charge in [-0.1, -0.05) is 30.3 Å². The largest absolute Gasteiger partial charge is 0.465 e. The molecule has 4 nitrogen and oxygen atoms in total. The molecule has 4 heteroatoms. The summed E-state index contributed by atoms with van der Waals surface area (Å²) in [6.45, 7) is 8.96. The summed E-state index contributed by atoms with van der Waals surface area (Å²) in [4.78, 5) is 15.7. The first kappa shape index (κ1) is 14.4. The molecule has 0 radical (unpaired) electrons. The molecule has 1 amide bonds. The lowest BCUT2D eigenvalue weighted by Crippen LogP contribution is -2.49. The summed E-state index contributed by atoms with van der Waals surface area (Å²) in [7, 11) is 0. The summed E-state index contributed by atoms with van der Waals surface area (Å²) in [6.07, 6.45) is -0.781. The van der Waals surface area contributed by atoms with E-state index < -0.39 is 6.09 Å². The number of carbonyl (C=O) groups is 1.